The molecule has 7 rings (SSSR count). The number of nitrogens with zero attached hydrogens (tertiary/aromatic N) is 8. The van der Waals surface area contributed by atoms with Crippen molar-refractivity contribution in [1.29, 1.82) is 0 Å². The minimum absolute atomic E-state index is 0.0341. The zero-order chi connectivity index (χ0) is 29.5. The molecular formula is C31H34FN9O2. The number of fused-ring (bicyclic) bond motifs is 5. The van der Waals surface area contributed by atoms with Crippen LogP contribution in [0, 0.1) is 5.82 Å². The van der Waals surface area contributed by atoms with Crippen molar-refractivity contribution in [3.63, 3.8) is 0 Å². The summed E-state index contributed by atoms with van der Waals surface area (Å²) >= 11 is 0. The fourth-order valence-corrected chi connectivity index (χ4v) is 5.84. The molecular weight excluding hydrogens is 549 g/mol. The van der Waals surface area contributed by atoms with Crippen LogP contribution >= 0.6 is 0 Å². The Balaban J connectivity index is 1.26. The Hall–Kier alpha value is -4.58. The fraction of sp³-hybridized carbons (Fsp3) is 0.387. The lowest BCUT2D eigenvalue weighted by atomic mass is 10.1. The molecule has 0 radical (unpaired) electrons. The molecule has 1 saturated heterocycles. The minimum atomic E-state index is -0.362. The van der Waals surface area contributed by atoms with Crippen molar-refractivity contribution in [2.24, 2.45) is 7.05 Å². The molecule has 12 heteroatoms. The summed E-state index contributed by atoms with van der Waals surface area (Å²) in [6, 6.07) is 8.55. The Morgan fingerprint density at radius 1 is 1.07 bits per heavy atom. The molecule has 43 heavy (non-hydrogen) atoms. The van der Waals surface area contributed by atoms with Gasteiger partial charge in [-0.3, -0.25) is 4.68 Å². The van der Waals surface area contributed by atoms with Crippen molar-refractivity contribution in [1.82, 2.24) is 39.4 Å². The second kappa shape index (κ2) is 11.3. The third-order valence-corrected chi connectivity index (χ3v) is 8.25. The van der Waals surface area contributed by atoms with Gasteiger partial charge < -0.3 is 19.7 Å². The molecule has 1 fully saturated rings. The van der Waals surface area contributed by atoms with Crippen molar-refractivity contribution in [3.8, 4) is 34.3 Å². The molecule has 0 saturated carbocycles. The number of likely N-dealkylation sites (tertiary alicyclic amines) is 1. The largest absolute Gasteiger partial charge is 0.490 e. The van der Waals surface area contributed by atoms with Crippen LogP contribution in [0.4, 0.5) is 16.0 Å². The van der Waals surface area contributed by atoms with E-state index in [4.69, 9.17) is 14.6 Å². The topological polar surface area (TPSA) is 108 Å². The first kappa shape index (κ1) is 27.3. The third kappa shape index (κ3) is 5.38. The van der Waals surface area contributed by atoms with Crippen LogP contribution in [0.25, 0.3) is 33.5 Å². The molecule has 5 aromatic rings. The van der Waals surface area contributed by atoms with E-state index in [0.29, 0.717) is 58.9 Å². The van der Waals surface area contributed by atoms with E-state index < -0.39 is 0 Å². The second-order valence-corrected chi connectivity index (χ2v) is 11.2. The number of pyridine rings is 1. The smallest absolute Gasteiger partial charge is 0.222 e. The number of halogens is 1. The van der Waals surface area contributed by atoms with Gasteiger partial charge in [-0.15, -0.1) is 0 Å². The van der Waals surface area contributed by atoms with Crippen LogP contribution in [-0.4, -0.2) is 71.8 Å². The van der Waals surface area contributed by atoms with Crippen molar-refractivity contribution in [2.75, 3.05) is 31.6 Å². The summed E-state index contributed by atoms with van der Waals surface area (Å²) in [5.41, 5.74) is 2.87. The van der Waals surface area contributed by atoms with Crippen molar-refractivity contribution < 1.29 is 13.9 Å². The van der Waals surface area contributed by atoms with E-state index in [1.165, 1.54) is 12.1 Å². The van der Waals surface area contributed by atoms with Crippen molar-refractivity contribution in [2.45, 2.75) is 45.3 Å². The molecule has 0 amide bonds. The number of anilines is 2. The van der Waals surface area contributed by atoms with E-state index >= 15 is 4.39 Å². The van der Waals surface area contributed by atoms with Crippen LogP contribution < -0.4 is 14.8 Å². The highest BCUT2D eigenvalue weighted by atomic mass is 19.1. The van der Waals surface area contributed by atoms with Crippen molar-refractivity contribution in [3.05, 3.63) is 54.7 Å². The zero-order valence-electron chi connectivity index (χ0n) is 24.5. The van der Waals surface area contributed by atoms with Gasteiger partial charge in [0.05, 0.1) is 24.4 Å². The Bertz CT molecular complexity index is 1780. The summed E-state index contributed by atoms with van der Waals surface area (Å²) in [6.07, 6.45) is 7.74. The molecule has 11 nitrogen and oxygen atoms in total. The summed E-state index contributed by atoms with van der Waals surface area (Å²) in [5, 5.41) is 13.5. The van der Waals surface area contributed by atoms with Gasteiger partial charge >= 0.3 is 0 Å². The number of piperidine rings is 1. The van der Waals surface area contributed by atoms with E-state index in [1.807, 2.05) is 23.9 Å². The summed E-state index contributed by atoms with van der Waals surface area (Å²) in [4.78, 5) is 16.2. The van der Waals surface area contributed by atoms with Crippen LogP contribution in [0.15, 0.2) is 48.9 Å². The lowest BCUT2D eigenvalue weighted by Crippen LogP contribution is -2.38. The van der Waals surface area contributed by atoms with E-state index in [-0.39, 0.29) is 18.0 Å². The first-order valence-corrected chi connectivity index (χ1v) is 14.8. The van der Waals surface area contributed by atoms with Crippen LogP contribution in [0.2, 0.25) is 0 Å². The van der Waals surface area contributed by atoms with Crippen LogP contribution in [0.5, 0.6) is 11.6 Å². The highest BCUT2D eigenvalue weighted by Gasteiger charge is 2.23. The van der Waals surface area contributed by atoms with Gasteiger partial charge in [-0.2, -0.15) is 10.2 Å². The first-order chi connectivity index (χ1) is 20.9. The summed E-state index contributed by atoms with van der Waals surface area (Å²) in [5.74, 6) is 2.45. The van der Waals surface area contributed by atoms with E-state index in [1.54, 1.807) is 29.3 Å². The highest BCUT2D eigenvalue weighted by Crippen LogP contribution is 2.35. The average molecular weight is 584 g/mol. The van der Waals surface area contributed by atoms with Gasteiger partial charge in [-0.1, -0.05) is 6.92 Å². The second-order valence-electron chi connectivity index (χ2n) is 11.2. The molecule has 6 heterocycles. The van der Waals surface area contributed by atoms with Gasteiger partial charge in [-0.25, -0.2) is 24.0 Å². The normalized spacial score (nSPS) is 17.7. The lowest BCUT2D eigenvalue weighted by Gasteiger charge is -2.31. The Kier molecular flexibility index (Phi) is 7.13. The predicted octanol–water partition coefficient (Wildman–Crippen LogP) is 5.38. The molecule has 1 atom stereocenters. The Morgan fingerprint density at radius 3 is 2.77 bits per heavy atom. The highest BCUT2D eigenvalue weighted by molar-refractivity contribution is 5.94. The van der Waals surface area contributed by atoms with Crippen molar-refractivity contribution >= 4 is 22.5 Å². The molecule has 0 spiro atoms. The molecule has 1 aromatic carbocycles. The summed E-state index contributed by atoms with van der Waals surface area (Å²) in [7, 11) is 1.83. The fourth-order valence-electron chi connectivity index (χ4n) is 5.84. The molecule has 0 unspecified atom stereocenters. The molecule has 1 N–H and O–H groups in total. The molecule has 2 aliphatic heterocycles. The Morgan fingerprint density at radius 2 is 1.93 bits per heavy atom. The number of nitrogens with one attached hydrogen (secondary N) is 1. The lowest BCUT2D eigenvalue weighted by molar-refractivity contribution is 0.103. The van der Waals surface area contributed by atoms with Crippen LogP contribution in [-0.2, 0) is 7.05 Å². The number of ether oxygens (including phenoxy) is 2. The van der Waals surface area contributed by atoms with E-state index in [0.717, 1.165) is 43.4 Å². The van der Waals surface area contributed by atoms with Crippen LogP contribution in [0.1, 0.15) is 39.2 Å². The van der Waals surface area contributed by atoms with E-state index in [2.05, 4.69) is 44.1 Å². The van der Waals surface area contributed by atoms with Gasteiger partial charge in [0.25, 0.3) is 0 Å². The Labute approximate surface area is 248 Å². The predicted molar refractivity (Wildman–Crippen MR) is 161 cm³/mol. The van der Waals surface area contributed by atoms with Gasteiger partial charge in [0, 0.05) is 62.0 Å². The third-order valence-electron chi connectivity index (χ3n) is 8.25. The molecule has 4 bridgehead atoms. The van der Waals surface area contributed by atoms with Gasteiger partial charge in [0.1, 0.15) is 40.6 Å². The first-order valence-electron chi connectivity index (χ1n) is 14.8. The van der Waals surface area contributed by atoms with Gasteiger partial charge in [0.15, 0.2) is 5.82 Å². The number of rotatable bonds is 4. The molecule has 2 aliphatic rings. The molecule has 222 valence electrons. The van der Waals surface area contributed by atoms with Crippen LogP contribution in [0.3, 0.4) is 0 Å². The van der Waals surface area contributed by atoms with Gasteiger partial charge in [-0.05, 0) is 44.5 Å². The van der Waals surface area contributed by atoms with E-state index in [9.17, 15) is 0 Å². The SMILES string of the molecule is CCN1CCC(Oc2cc(F)cc(-c3nn4c5cc(ncc35)Nc3ccnc(n3)-c3cnn(C)c3OCC[C@@H]4C)c2)CC1. The maximum absolute atomic E-state index is 15.0. The number of aromatic nitrogens is 7. The van der Waals surface area contributed by atoms with Gasteiger partial charge in [0.2, 0.25) is 5.88 Å². The quantitative estimate of drug-likeness (QED) is 0.298. The number of benzene rings is 1. The number of hydrogen-bond donors (Lipinski definition) is 1. The monoisotopic (exact) mass is 583 g/mol. The standard InChI is InChI=1S/C31H34FN9O2/c1-4-40-10-6-22(7-11-40)43-23-14-20(13-21(32)15-23)29-24-17-34-28-16-26(24)41(38-29)19(2)8-12-42-31-25(18-35-39(31)3)30-33-9-5-27(36-28)37-30/h5,9,13-19,22H,4,6-8,10-12H2,1-3H3,(H,33,34,36,37)/t19-/m0/s1. The number of aryl methyl sites for hydroxylation is 1. The minimum Gasteiger partial charge on any atom is -0.490 e. The molecule has 0 aliphatic carbocycles. The summed E-state index contributed by atoms with van der Waals surface area (Å²) in [6.45, 7) is 7.70. The average Bonchev–Trinajstić information content (AvgIpc) is 3.57. The maximum Gasteiger partial charge on any atom is 0.222 e. The maximum atomic E-state index is 15.0. The zero-order valence-corrected chi connectivity index (χ0v) is 24.5. The number of hydrogen-bond acceptors (Lipinski definition) is 9. The summed E-state index contributed by atoms with van der Waals surface area (Å²) < 4.78 is 31.1. The molecule has 4 aromatic heterocycles.